The zero-order chi connectivity index (χ0) is 16.4. The van der Waals surface area contributed by atoms with Crippen LogP contribution in [0.2, 0.25) is 0 Å². The number of aromatic nitrogens is 2. The molecule has 2 aliphatic rings. The number of carbonyl (C=O) groups is 1. The standard InChI is InChI=1S/C18H29N3O2/c1-13-16(14(2)21(3)20-13)7-8-17(22)19-15-11-18(23-12-15)9-5-4-6-10-18/h15H,4-12H2,1-3H3,(H,19,22). The minimum absolute atomic E-state index is 0.0622. The molecule has 1 aromatic rings. The van der Waals surface area contributed by atoms with Crippen molar-refractivity contribution in [2.24, 2.45) is 7.05 Å². The minimum atomic E-state index is 0.0622. The van der Waals surface area contributed by atoms with Crippen LogP contribution in [-0.4, -0.2) is 33.9 Å². The Morgan fingerprint density at radius 3 is 2.74 bits per heavy atom. The maximum Gasteiger partial charge on any atom is 0.220 e. The Morgan fingerprint density at radius 1 is 1.35 bits per heavy atom. The number of hydrogen-bond acceptors (Lipinski definition) is 3. The van der Waals surface area contributed by atoms with E-state index in [1.807, 2.05) is 18.7 Å². The molecule has 128 valence electrons. The maximum atomic E-state index is 12.3. The smallest absolute Gasteiger partial charge is 0.220 e. The lowest BCUT2D eigenvalue weighted by Crippen LogP contribution is -2.37. The lowest BCUT2D eigenvalue weighted by atomic mass is 9.82. The molecule has 1 saturated carbocycles. The number of nitrogens with zero attached hydrogens (tertiary/aromatic N) is 2. The van der Waals surface area contributed by atoms with Gasteiger partial charge >= 0.3 is 0 Å². The van der Waals surface area contributed by atoms with Crippen molar-refractivity contribution in [1.82, 2.24) is 15.1 Å². The highest BCUT2D eigenvalue weighted by Crippen LogP contribution is 2.39. The van der Waals surface area contributed by atoms with Gasteiger partial charge in [0.2, 0.25) is 5.91 Å². The number of ether oxygens (including phenoxy) is 1. The third-order valence-corrected chi connectivity index (χ3v) is 5.60. The summed E-state index contributed by atoms with van der Waals surface area (Å²) in [5.41, 5.74) is 3.45. The Morgan fingerprint density at radius 2 is 2.09 bits per heavy atom. The summed E-state index contributed by atoms with van der Waals surface area (Å²) < 4.78 is 7.96. The first-order chi connectivity index (χ1) is 11.0. The molecule has 5 heteroatoms. The molecule has 2 fully saturated rings. The van der Waals surface area contributed by atoms with E-state index in [9.17, 15) is 4.79 Å². The highest BCUT2D eigenvalue weighted by Gasteiger charge is 2.41. The molecule has 1 N–H and O–H groups in total. The summed E-state index contributed by atoms with van der Waals surface area (Å²) in [7, 11) is 1.95. The van der Waals surface area contributed by atoms with E-state index in [1.54, 1.807) is 0 Å². The number of carbonyl (C=O) groups excluding carboxylic acids is 1. The van der Waals surface area contributed by atoms with Crippen LogP contribution in [0.3, 0.4) is 0 Å². The predicted octanol–water partition coefficient (Wildman–Crippen LogP) is 2.58. The molecule has 1 spiro atoms. The van der Waals surface area contributed by atoms with Crippen LogP contribution in [0, 0.1) is 13.8 Å². The summed E-state index contributed by atoms with van der Waals surface area (Å²) in [4.78, 5) is 12.3. The second-order valence-electron chi connectivity index (χ2n) is 7.30. The third-order valence-electron chi connectivity index (χ3n) is 5.60. The van der Waals surface area contributed by atoms with Gasteiger partial charge in [0, 0.05) is 19.2 Å². The van der Waals surface area contributed by atoms with Gasteiger partial charge in [0.1, 0.15) is 0 Å². The minimum Gasteiger partial charge on any atom is -0.373 e. The van der Waals surface area contributed by atoms with E-state index in [2.05, 4.69) is 17.3 Å². The van der Waals surface area contributed by atoms with Crippen LogP contribution < -0.4 is 5.32 Å². The van der Waals surface area contributed by atoms with Crippen LogP contribution in [-0.2, 0) is 23.0 Å². The fourth-order valence-corrected chi connectivity index (χ4v) is 4.20. The maximum absolute atomic E-state index is 12.3. The zero-order valence-corrected chi connectivity index (χ0v) is 14.7. The van der Waals surface area contributed by atoms with Crippen LogP contribution in [0.15, 0.2) is 0 Å². The number of rotatable bonds is 4. The summed E-state index contributed by atoms with van der Waals surface area (Å²) in [6.07, 6.45) is 8.45. The molecular weight excluding hydrogens is 290 g/mol. The van der Waals surface area contributed by atoms with Crippen molar-refractivity contribution in [2.75, 3.05) is 6.61 Å². The lowest BCUT2D eigenvalue weighted by Gasteiger charge is -2.32. The summed E-state index contributed by atoms with van der Waals surface area (Å²) in [6, 6.07) is 0.191. The molecule has 0 radical (unpaired) electrons. The van der Waals surface area contributed by atoms with E-state index in [0.717, 1.165) is 37.1 Å². The monoisotopic (exact) mass is 319 g/mol. The van der Waals surface area contributed by atoms with Gasteiger partial charge in [-0.05, 0) is 45.1 Å². The number of amides is 1. The van der Waals surface area contributed by atoms with E-state index in [4.69, 9.17) is 4.74 Å². The summed E-state index contributed by atoms with van der Waals surface area (Å²) in [6.45, 7) is 4.75. The first-order valence-corrected chi connectivity index (χ1v) is 8.91. The Labute approximate surface area is 138 Å². The van der Waals surface area contributed by atoms with Gasteiger partial charge in [-0.15, -0.1) is 0 Å². The first kappa shape index (κ1) is 16.5. The van der Waals surface area contributed by atoms with E-state index < -0.39 is 0 Å². The second kappa shape index (κ2) is 6.63. The average molecular weight is 319 g/mol. The van der Waals surface area contributed by atoms with Crippen molar-refractivity contribution in [2.45, 2.75) is 76.9 Å². The van der Waals surface area contributed by atoms with Gasteiger partial charge < -0.3 is 10.1 Å². The van der Waals surface area contributed by atoms with E-state index in [-0.39, 0.29) is 17.6 Å². The van der Waals surface area contributed by atoms with Crippen LogP contribution in [0.25, 0.3) is 0 Å². The Hall–Kier alpha value is -1.36. The fourth-order valence-electron chi connectivity index (χ4n) is 4.20. The zero-order valence-electron chi connectivity index (χ0n) is 14.7. The van der Waals surface area contributed by atoms with Crippen LogP contribution in [0.5, 0.6) is 0 Å². The Kier molecular flexibility index (Phi) is 4.76. The van der Waals surface area contributed by atoms with Crippen molar-refractivity contribution in [3.8, 4) is 0 Å². The van der Waals surface area contributed by atoms with Gasteiger partial charge in [-0.25, -0.2) is 0 Å². The summed E-state index contributed by atoms with van der Waals surface area (Å²) >= 11 is 0. The van der Waals surface area contributed by atoms with Crippen molar-refractivity contribution in [3.63, 3.8) is 0 Å². The van der Waals surface area contributed by atoms with Gasteiger partial charge in [0.25, 0.3) is 0 Å². The van der Waals surface area contributed by atoms with Gasteiger partial charge in [-0.2, -0.15) is 5.10 Å². The molecule has 1 amide bonds. The number of hydrogen-bond donors (Lipinski definition) is 1. The van der Waals surface area contributed by atoms with Crippen molar-refractivity contribution >= 4 is 5.91 Å². The topological polar surface area (TPSA) is 56.2 Å². The molecule has 1 unspecified atom stereocenters. The molecular formula is C18H29N3O2. The largest absolute Gasteiger partial charge is 0.373 e. The van der Waals surface area contributed by atoms with Crippen molar-refractivity contribution in [1.29, 1.82) is 0 Å². The number of aryl methyl sites for hydroxylation is 2. The summed E-state index contributed by atoms with van der Waals surface area (Å²) in [5.74, 6) is 0.133. The normalized spacial score (nSPS) is 23.3. The molecule has 1 atom stereocenters. The van der Waals surface area contributed by atoms with Gasteiger partial charge in [0.05, 0.1) is 23.9 Å². The Bertz CT molecular complexity index is 573. The molecule has 1 aromatic heterocycles. The van der Waals surface area contributed by atoms with E-state index in [0.29, 0.717) is 13.0 Å². The first-order valence-electron chi connectivity index (χ1n) is 8.91. The molecule has 0 aromatic carbocycles. The molecule has 1 aliphatic heterocycles. The third kappa shape index (κ3) is 3.60. The molecule has 5 nitrogen and oxygen atoms in total. The highest BCUT2D eigenvalue weighted by molar-refractivity contribution is 5.76. The molecule has 2 heterocycles. The molecule has 23 heavy (non-hydrogen) atoms. The molecule has 1 saturated heterocycles. The van der Waals surface area contributed by atoms with Crippen LogP contribution >= 0.6 is 0 Å². The SMILES string of the molecule is Cc1nn(C)c(C)c1CCC(=O)NC1COC2(CCCCC2)C1. The fraction of sp³-hybridized carbons (Fsp3) is 0.778. The van der Waals surface area contributed by atoms with E-state index in [1.165, 1.54) is 24.8 Å². The van der Waals surface area contributed by atoms with Crippen molar-refractivity contribution in [3.05, 3.63) is 17.0 Å². The predicted molar refractivity (Wildman–Crippen MR) is 89.3 cm³/mol. The molecule has 0 bridgehead atoms. The molecule has 3 rings (SSSR count). The quantitative estimate of drug-likeness (QED) is 0.928. The average Bonchev–Trinajstić information content (AvgIpc) is 3.00. The van der Waals surface area contributed by atoms with Crippen molar-refractivity contribution < 1.29 is 9.53 Å². The molecule has 1 aliphatic carbocycles. The highest BCUT2D eigenvalue weighted by atomic mass is 16.5. The number of nitrogens with one attached hydrogen (secondary N) is 1. The van der Waals surface area contributed by atoms with E-state index >= 15 is 0 Å². The second-order valence-corrected chi connectivity index (χ2v) is 7.30. The van der Waals surface area contributed by atoms with Gasteiger partial charge in [-0.3, -0.25) is 9.48 Å². The lowest BCUT2D eigenvalue weighted by molar-refractivity contribution is -0.121. The van der Waals surface area contributed by atoms with Gasteiger partial charge in [0.15, 0.2) is 0 Å². The van der Waals surface area contributed by atoms with Crippen LogP contribution in [0.4, 0.5) is 0 Å². The van der Waals surface area contributed by atoms with Crippen LogP contribution in [0.1, 0.15) is 61.9 Å². The van der Waals surface area contributed by atoms with Gasteiger partial charge in [-0.1, -0.05) is 19.3 Å². The summed E-state index contributed by atoms with van der Waals surface area (Å²) in [5, 5.41) is 7.59. The Balaban J connectivity index is 1.48.